The Morgan fingerprint density at radius 1 is 1.29 bits per heavy atom. The number of nitrogens with zero attached hydrogens (tertiary/aromatic N) is 2. The van der Waals surface area contributed by atoms with Crippen LogP contribution in [0, 0.1) is 0 Å². The van der Waals surface area contributed by atoms with Gasteiger partial charge in [-0.25, -0.2) is 0 Å². The van der Waals surface area contributed by atoms with Crippen LogP contribution in [0.4, 0.5) is 0 Å². The summed E-state index contributed by atoms with van der Waals surface area (Å²) in [7, 11) is 0. The van der Waals surface area contributed by atoms with E-state index in [0.717, 1.165) is 19.3 Å². The molecule has 0 amide bonds. The number of hydrogen-bond acceptors (Lipinski definition) is 5. The average Bonchev–Trinajstić information content (AvgIpc) is 2.82. The maximum absolute atomic E-state index is 5.83. The highest BCUT2D eigenvalue weighted by Crippen LogP contribution is 2.29. The van der Waals surface area contributed by atoms with E-state index >= 15 is 0 Å². The van der Waals surface area contributed by atoms with Gasteiger partial charge in [-0.2, -0.15) is 4.98 Å². The molecule has 5 heteroatoms. The van der Waals surface area contributed by atoms with Gasteiger partial charge in [0.05, 0.1) is 5.41 Å². The summed E-state index contributed by atoms with van der Waals surface area (Å²) in [6, 6.07) is 0. The molecule has 1 heterocycles. The summed E-state index contributed by atoms with van der Waals surface area (Å²) in [6.07, 6.45) is 2.79. The molecule has 1 aromatic rings. The first-order valence-electron chi connectivity index (χ1n) is 6.33. The summed E-state index contributed by atoms with van der Waals surface area (Å²) in [5.41, 5.74) is 5.65. The van der Waals surface area contributed by atoms with Crippen molar-refractivity contribution in [3.8, 4) is 0 Å². The molecule has 0 radical (unpaired) electrons. The molecule has 0 aliphatic carbocycles. The summed E-state index contributed by atoms with van der Waals surface area (Å²) >= 11 is 0. The molecule has 0 saturated heterocycles. The fourth-order valence-corrected chi connectivity index (χ4v) is 1.76. The molecule has 1 rings (SSSR count). The van der Waals surface area contributed by atoms with Gasteiger partial charge in [-0.3, -0.25) is 0 Å². The first-order valence-corrected chi connectivity index (χ1v) is 6.33. The van der Waals surface area contributed by atoms with Crippen molar-refractivity contribution in [1.82, 2.24) is 10.1 Å². The lowest BCUT2D eigenvalue weighted by atomic mass is 9.82. The van der Waals surface area contributed by atoms with Gasteiger partial charge in [0.2, 0.25) is 5.89 Å². The van der Waals surface area contributed by atoms with E-state index in [1.807, 2.05) is 0 Å². The van der Waals surface area contributed by atoms with Crippen LogP contribution in [-0.2, 0) is 16.8 Å². The second-order valence-corrected chi connectivity index (χ2v) is 4.26. The lowest BCUT2D eigenvalue weighted by molar-refractivity contribution is 0.114. The van der Waals surface area contributed by atoms with Gasteiger partial charge in [-0.1, -0.05) is 25.9 Å². The average molecular weight is 241 g/mol. The zero-order valence-corrected chi connectivity index (χ0v) is 11.0. The van der Waals surface area contributed by atoms with Gasteiger partial charge in [-0.15, -0.1) is 0 Å². The molecule has 2 N–H and O–H groups in total. The van der Waals surface area contributed by atoms with Gasteiger partial charge < -0.3 is 15.0 Å². The van der Waals surface area contributed by atoms with Crippen LogP contribution in [0.3, 0.4) is 0 Å². The second kappa shape index (κ2) is 6.71. The summed E-state index contributed by atoms with van der Waals surface area (Å²) in [6.45, 7) is 7.90. The molecule has 17 heavy (non-hydrogen) atoms. The molecule has 0 aliphatic rings. The molecule has 0 unspecified atom stereocenters. The van der Waals surface area contributed by atoms with E-state index in [-0.39, 0.29) is 5.41 Å². The summed E-state index contributed by atoms with van der Waals surface area (Å²) in [5, 5.41) is 3.93. The van der Waals surface area contributed by atoms with Crippen LogP contribution in [0.1, 0.15) is 51.7 Å². The smallest absolute Gasteiger partial charge is 0.234 e. The Morgan fingerprint density at radius 3 is 2.53 bits per heavy atom. The van der Waals surface area contributed by atoms with E-state index < -0.39 is 0 Å². The molecular weight excluding hydrogens is 218 g/mol. The zero-order chi connectivity index (χ0) is 12.7. The van der Waals surface area contributed by atoms with E-state index in [1.54, 1.807) is 0 Å². The van der Waals surface area contributed by atoms with E-state index in [2.05, 4.69) is 30.9 Å². The van der Waals surface area contributed by atoms with Crippen molar-refractivity contribution in [2.24, 2.45) is 5.73 Å². The molecule has 5 nitrogen and oxygen atoms in total. The van der Waals surface area contributed by atoms with E-state index in [1.165, 1.54) is 0 Å². The number of aromatic nitrogens is 2. The zero-order valence-electron chi connectivity index (χ0n) is 11.0. The predicted molar refractivity (Wildman–Crippen MR) is 65.6 cm³/mol. The van der Waals surface area contributed by atoms with Crippen LogP contribution in [0.5, 0.6) is 0 Å². The predicted octanol–water partition coefficient (Wildman–Crippen LogP) is 2.01. The van der Waals surface area contributed by atoms with Gasteiger partial charge >= 0.3 is 0 Å². The summed E-state index contributed by atoms with van der Waals surface area (Å²) in [5.74, 6) is 1.24. The quantitative estimate of drug-likeness (QED) is 0.705. The van der Waals surface area contributed by atoms with Gasteiger partial charge in [0.15, 0.2) is 5.82 Å². The lowest BCUT2D eigenvalue weighted by Crippen LogP contribution is -2.34. The lowest BCUT2D eigenvalue weighted by Gasteiger charge is -2.24. The van der Waals surface area contributed by atoms with Gasteiger partial charge in [-0.05, 0) is 19.3 Å². The van der Waals surface area contributed by atoms with Crippen molar-refractivity contribution in [2.45, 2.75) is 52.1 Å². The monoisotopic (exact) mass is 241 g/mol. The van der Waals surface area contributed by atoms with Crippen LogP contribution in [0.25, 0.3) is 0 Å². The molecule has 98 valence electrons. The molecule has 0 atom stereocenters. The molecule has 0 bridgehead atoms. The Kier molecular flexibility index (Phi) is 5.58. The van der Waals surface area contributed by atoms with Crippen molar-refractivity contribution in [1.29, 1.82) is 0 Å². The van der Waals surface area contributed by atoms with Crippen LogP contribution in [0.15, 0.2) is 4.52 Å². The van der Waals surface area contributed by atoms with Crippen molar-refractivity contribution in [3.63, 3.8) is 0 Å². The minimum absolute atomic E-state index is 0.185. The van der Waals surface area contributed by atoms with Crippen molar-refractivity contribution < 1.29 is 9.26 Å². The summed E-state index contributed by atoms with van der Waals surface area (Å²) < 4.78 is 10.7. The highest BCUT2D eigenvalue weighted by atomic mass is 16.5. The van der Waals surface area contributed by atoms with Crippen molar-refractivity contribution in [2.75, 3.05) is 13.2 Å². The maximum atomic E-state index is 5.83. The third-order valence-electron chi connectivity index (χ3n) is 3.25. The van der Waals surface area contributed by atoms with E-state index in [4.69, 9.17) is 15.0 Å². The highest BCUT2D eigenvalue weighted by Gasteiger charge is 2.33. The van der Waals surface area contributed by atoms with Crippen molar-refractivity contribution >= 4 is 0 Å². The minimum Gasteiger partial charge on any atom is -0.373 e. The van der Waals surface area contributed by atoms with E-state index in [0.29, 0.717) is 31.5 Å². The summed E-state index contributed by atoms with van der Waals surface area (Å²) in [4.78, 5) is 4.38. The van der Waals surface area contributed by atoms with Crippen LogP contribution in [-0.4, -0.2) is 23.3 Å². The Labute approximate surface area is 103 Å². The Hall–Kier alpha value is -0.940. The minimum atomic E-state index is -0.185. The largest absolute Gasteiger partial charge is 0.373 e. The van der Waals surface area contributed by atoms with Gasteiger partial charge in [0.1, 0.15) is 6.61 Å². The highest BCUT2D eigenvalue weighted by molar-refractivity contribution is 5.05. The number of hydrogen-bond donors (Lipinski definition) is 1. The fraction of sp³-hybridized carbons (Fsp3) is 0.833. The van der Waals surface area contributed by atoms with Gasteiger partial charge in [0.25, 0.3) is 0 Å². The number of nitrogens with two attached hydrogens (primary N) is 1. The maximum Gasteiger partial charge on any atom is 0.234 e. The topological polar surface area (TPSA) is 74.2 Å². The Morgan fingerprint density at radius 2 is 2.00 bits per heavy atom. The molecule has 0 aromatic carbocycles. The number of rotatable bonds is 8. The molecule has 1 aromatic heterocycles. The van der Waals surface area contributed by atoms with Gasteiger partial charge in [0, 0.05) is 13.2 Å². The third-order valence-corrected chi connectivity index (χ3v) is 3.25. The standard InChI is InChI=1S/C12H23N3O2/c1-4-7-16-8-10-14-11(17-15-10)12(5-2,6-3)9-13/h4-9,13H2,1-3H3. The van der Waals surface area contributed by atoms with Crippen LogP contribution in [0.2, 0.25) is 0 Å². The molecule has 0 aliphatic heterocycles. The SMILES string of the molecule is CCCOCc1noc(C(CC)(CC)CN)n1. The fourth-order valence-electron chi connectivity index (χ4n) is 1.76. The second-order valence-electron chi connectivity index (χ2n) is 4.26. The Balaban J connectivity index is 2.71. The van der Waals surface area contributed by atoms with E-state index in [9.17, 15) is 0 Å². The Bertz CT molecular complexity index is 313. The van der Waals surface area contributed by atoms with Crippen LogP contribution >= 0.6 is 0 Å². The normalized spacial score (nSPS) is 12.0. The third kappa shape index (κ3) is 3.26. The molecular formula is C12H23N3O2. The first kappa shape index (κ1) is 14.1. The molecule has 0 fully saturated rings. The molecule has 0 saturated carbocycles. The molecule has 0 spiro atoms. The first-order chi connectivity index (χ1) is 8.22. The number of ether oxygens (including phenoxy) is 1. The van der Waals surface area contributed by atoms with Crippen LogP contribution < -0.4 is 5.73 Å². The van der Waals surface area contributed by atoms with Crippen molar-refractivity contribution in [3.05, 3.63) is 11.7 Å².